The first-order chi connectivity index (χ1) is 12.2. The lowest BCUT2D eigenvalue weighted by molar-refractivity contribution is -0.275. The summed E-state index contributed by atoms with van der Waals surface area (Å²) in [6, 6.07) is 17.0. The summed E-state index contributed by atoms with van der Waals surface area (Å²) in [5.41, 5.74) is 0.325. The number of hydrogen-bond acceptors (Lipinski definition) is 3. The van der Waals surface area contributed by atoms with E-state index in [9.17, 15) is 21.6 Å². The number of benzene rings is 3. The molecule has 136 valence electrons. The topological polar surface area (TPSA) is 46.6 Å². The van der Waals surface area contributed by atoms with Gasteiger partial charge in [0.15, 0.2) is 0 Å². The van der Waals surface area contributed by atoms with E-state index in [4.69, 9.17) is 0 Å². The standard InChI is InChI=1S/C18H14F3NO3S/c1-22(15-11-10-13-6-2-3-7-14(13)12-15)26(23,24)17-9-5-4-8-16(17)25-18(19,20)21/h2-12H,1H3. The molecule has 8 heteroatoms. The molecule has 0 aromatic heterocycles. The van der Waals surface area contributed by atoms with Crippen LogP contribution in [0.4, 0.5) is 18.9 Å². The van der Waals surface area contributed by atoms with Gasteiger partial charge in [0.05, 0.1) is 5.69 Å². The van der Waals surface area contributed by atoms with Crippen molar-refractivity contribution >= 4 is 26.5 Å². The number of ether oxygens (including phenoxy) is 1. The number of sulfonamides is 1. The molecule has 26 heavy (non-hydrogen) atoms. The van der Waals surface area contributed by atoms with Crippen molar-refractivity contribution in [3.8, 4) is 5.75 Å². The number of para-hydroxylation sites is 1. The minimum absolute atomic E-state index is 0.325. The van der Waals surface area contributed by atoms with Crippen LogP contribution in [0.15, 0.2) is 71.6 Å². The van der Waals surface area contributed by atoms with Crippen molar-refractivity contribution < 1.29 is 26.3 Å². The Bertz CT molecular complexity index is 1050. The van der Waals surface area contributed by atoms with Crippen LogP contribution in [0.5, 0.6) is 5.75 Å². The highest BCUT2D eigenvalue weighted by Gasteiger charge is 2.35. The lowest BCUT2D eigenvalue weighted by Crippen LogP contribution is -2.28. The van der Waals surface area contributed by atoms with Crippen molar-refractivity contribution in [2.75, 3.05) is 11.4 Å². The highest BCUT2D eigenvalue weighted by atomic mass is 32.2. The van der Waals surface area contributed by atoms with Crippen molar-refractivity contribution in [1.82, 2.24) is 0 Å². The summed E-state index contributed by atoms with van der Waals surface area (Å²) >= 11 is 0. The van der Waals surface area contributed by atoms with E-state index in [0.29, 0.717) is 5.69 Å². The quantitative estimate of drug-likeness (QED) is 0.665. The lowest BCUT2D eigenvalue weighted by Gasteiger charge is -2.22. The maximum atomic E-state index is 12.9. The number of anilines is 1. The third-order valence-electron chi connectivity index (χ3n) is 3.81. The Morgan fingerprint density at radius 1 is 0.885 bits per heavy atom. The normalized spacial score (nSPS) is 12.2. The molecule has 0 saturated carbocycles. The molecule has 0 atom stereocenters. The van der Waals surface area contributed by atoms with Crippen LogP contribution in [-0.2, 0) is 10.0 Å². The van der Waals surface area contributed by atoms with Gasteiger partial charge in [0.2, 0.25) is 0 Å². The smallest absolute Gasteiger partial charge is 0.404 e. The summed E-state index contributed by atoms with van der Waals surface area (Å²) in [6.45, 7) is 0. The Labute approximate surface area is 148 Å². The summed E-state index contributed by atoms with van der Waals surface area (Å²) < 4.78 is 68.2. The number of fused-ring (bicyclic) bond motifs is 1. The highest BCUT2D eigenvalue weighted by Crippen LogP contribution is 2.33. The summed E-state index contributed by atoms with van der Waals surface area (Å²) in [6.07, 6.45) is -4.99. The van der Waals surface area contributed by atoms with E-state index in [1.165, 1.54) is 19.2 Å². The van der Waals surface area contributed by atoms with Crippen LogP contribution >= 0.6 is 0 Å². The van der Waals surface area contributed by atoms with Gasteiger partial charge < -0.3 is 4.74 Å². The van der Waals surface area contributed by atoms with Gasteiger partial charge in [-0.15, -0.1) is 13.2 Å². The van der Waals surface area contributed by atoms with E-state index in [0.717, 1.165) is 27.2 Å². The van der Waals surface area contributed by atoms with Crippen LogP contribution in [0.2, 0.25) is 0 Å². The average molecular weight is 381 g/mol. The Kier molecular flexibility index (Phi) is 4.53. The predicted molar refractivity (Wildman–Crippen MR) is 92.7 cm³/mol. The first kappa shape index (κ1) is 18.1. The Morgan fingerprint density at radius 3 is 2.19 bits per heavy atom. The van der Waals surface area contributed by atoms with Gasteiger partial charge in [0.25, 0.3) is 10.0 Å². The molecule has 0 aliphatic rings. The van der Waals surface area contributed by atoms with E-state index in [2.05, 4.69) is 4.74 Å². The summed E-state index contributed by atoms with van der Waals surface area (Å²) in [5, 5.41) is 1.73. The van der Waals surface area contributed by atoms with Crippen LogP contribution in [0.1, 0.15) is 0 Å². The van der Waals surface area contributed by atoms with Crippen LogP contribution in [0.25, 0.3) is 10.8 Å². The van der Waals surface area contributed by atoms with Gasteiger partial charge in [-0.2, -0.15) is 0 Å². The monoisotopic (exact) mass is 381 g/mol. The first-order valence-corrected chi connectivity index (χ1v) is 8.95. The highest BCUT2D eigenvalue weighted by molar-refractivity contribution is 7.92. The second-order valence-electron chi connectivity index (χ2n) is 5.50. The fourth-order valence-electron chi connectivity index (χ4n) is 2.53. The van der Waals surface area contributed by atoms with Gasteiger partial charge >= 0.3 is 6.36 Å². The number of alkyl halides is 3. The number of rotatable bonds is 4. The van der Waals surface area contributed by atoms with Gasteiger partial charge in [0, 0.05) is 7.05 Å². The number of hydrogen-bond donors (Lipinski definition) is 0. The molecule has 0 saturated heterocycles. The maximum Gasteiger partial charge on any atom is 0.573 e. The van der Waals surface area contributed by atoms with E-state index in [1.807, 2.05) is 24.3 Å². The van der Waals surface area contributed by atoms with Crippen LogP contribution < -0.4 is 9.04 Å². The first-order valence-electron chi connectivity index (χ1n) is 7.51. The summed E-state index contributed by atoms with van der Waals surface area (Å²) in [5.74, 6) is -0.771. The van der Waals surface area contributed by atoms with Crippen LogP contribution in [0, 0.1) is 0 Å². The fourth-order valence-corrected chi connectivity index (χ4v) is 3.83. The summed E-state index contributed by atoms with van der Waals surface area (Å²) in [4.78, 5) is -0.562. The van der Waals surface area contributed by atoms with E-state index >= 15 is 0 Å². The van der Waals surface area contributed by atoms with E-state index < -0.39 is 27.0 Å². The van der Waals surface area contributed by atoms with Gasteiger partial charge in [0.1, 0.15) is 10.6 Å². The molecule has 0 bridgehead atoms. The van der Waals surface area contributed by atoms with Gasteiger partial charge in [-0.05, 0) is 35.0 Å². The fraction of sp³-hybridized carbons (Fsp3) is 0.111. The molecule has 0 radical (unpaired) electrons. The summed E-state index contributed by atoms with van der Waals surface area (Å²) in [7, 11) is -2.97. The second-order valence-corrected chi connectivity index (χ2v) is 7.44. The molecule has 0 aliphatic carbocycles. The Morgan fingerprint density at radius 2 is 1.50 bits per heavy atom. The van der Waals surface area contributed by atoms with Gasteiger partial charge in [-0.1, -0.05) is 42.5 Å². The lowest BCUT2D eigenvalue weighted by atomic mass is 10.1. The largest absolute Gasteiger partial charge is 0.573 e. The number of halogens is 3. The molecule has 0 N–H and O–H groups in total. The van der Waals surface area contributed by atoms with Crippen molar-refractivity contribution in [1.29, 1.82) is 0 Å². The SMILES string of the molecule is CN(c1ccc2ccccc2c1)S(=O)(=O)c1ccccc1OC(F)(F)F. The molecule has 4 nitrogen and oxygen atoms in total. The van der Waals surface area contributed by atoms with Crippen LogP contribution in [-0.4, -0.2) is 21.8 Å². The van der Waals surface area contributed by atoms with E-state index in [-0.39, 0.29) is 0 Å². The second kappa shape index (κ2) is 6.53. The van der Waals surface area contributed by atoms with Crippen molar-refractivity contribution in [2.24, 2.45) is 0 Å². The third kappa shape index (κ3) is 3.60. The molecule has 0 aliphatic heterocycles. The molecule has 3 aromatic rings. The molecule has 3 rings (SSSR count). The molecular weight excluding hydrogens is 367 g/mol. The third-order valence-corrected chi connectivity index (χ3v) is 5.63. The zero-order chi connectivity index (χ0) is 18.9. The molecule has 0 amide bonds. The molecular formula is C18H14F3NO3S. The minimum atomic E-state index is -4.99. The number of nitrogens with zero attached hydrogens (tertiary/aromatic N) is 1. The van der Waals surface area contributed by atoms with Crippen molar-refractivity contribution in [2.45, 2.75) is 11.3 Å². The van der Waals surface area contributed by atoms with Crippen molar-refractivity contribution in [3.05, 3.63) is 66.7 Å². The van der Waals surface area contributed by atoms with Crippen LogP contribution in [0.3, 0.4) is 0 Å². The average Bonchev–Trinajstić information content (AvgIpc) is 2.59. The molecule has 0 fully saturated rings. The zero-order valence-electron chi connectivity index (χ0n) is 13.6. The van der Waals surface area contributed by atoms with E-state index in [1.54, 1.807) is 18.2 Å². The molecule has 3 aromatic carbocycles. The zero-order valence-corrected chi connectivity index (χ0v) is 14.4. The Balaban J connectivity index is 2.04. The maximum absolute atomic E-state index is 12.9. The Hall–Kier alpha value is -2.74. The molecule has 0 heterocycles. The van der Waals surface area contributed by atoms with Gasteiger partial charge in [-0.25, -0.2) is 8.42 Å². The molecule has 0 spiro atoms. The molecule has 0 unspecified atom stereocenters. The predicted octanol–water partition coefficient (Wildman–Crippen LogP) is 4.56. The minimum Gasteiger partial charge on any atom is -0.404 e. The van der Waals surface area contributed by atoms with Gasteiger partial charge in [-0.3, -0.25) is 4.31 Å². The van der Waals surface area contributed by atoms with Crippen molar-refractivity contribution in [3.63, 3.8) is 0 Å².